The van der Waals surface area contributed by atoms with Gasteiger partial charge in [0.2, 0.25) is 5.91 Å². The number of amides is 2. The molecule has 0 aliphatic carbocycles. The van der Waals surface area contributed by atoms with Crippen molar-refractivity contribution in [1.29, 1.82) is 0 Å². The van der Waals surface area contributed by atoms with Crippen LogP contribution in [0.3, 0.4) is 0 Å². The molecule has 2 amide bonds. The van der Waals surface area contributed by atoms with E-state index in [2.05, 4.69) is 43.6 Å². The van der Waals surface area contributed by atoms with Gasteiger partial charge in [0.25, 0.3) is 5.91 Å². The molecule has 150 valence electrons. The Morgan fingerprint density at radius 3 is 2.41 bits per heavy atom. The van der Waals surface area contributed by atoms with Crippen LogP contribution in [0.25, 0.3) is 0 Å². The number of piperidine rings is 1. The highest BCUT2D eigenvalue weighted by molar-refractivity contribution is 5.98. The second-order valence-corrected chi connectivity index (χ2v) is 8.69. The average molecular weight is 376 g/mol. The molecular weight excluding hydrogens is 342 g/mol. The van der Waals surface area contributed by atoms with Crippen molar-refractivity contribution in [3.63, 3.8) is 0 Å². The predicted molar refractivity (Wildman–Crippen MR) is 108 cm³/mol. The minimum absolute atomic E-state index is 0.00556. The van der Waals surface area contributed by atoms with Gasteiger partial charge in [-0.15, -0.1) is 0 Å². The number of aryl methyl sites for hydroxylation is 1. The van der Waals surface area contributed by atoms with Crippen LogP contribution in [0.1, 0.15) is 63.4 Å². The summed E-state index contributed by atoms with van der Waals surface area (Å²) in [7, 11) is 0. The lowest BCUT2D eigenvalue weighted by atomic mass is 9.79. The Labute approximate surface area is 162 Å². The molecule has 6 heteroatoms. The van der Waals surface area contributed by atoms with Crippen LogP contribution in [0.4, 0.5) is 5.69 Å². The summed E-state index contributed by atoms with van der Waals surface area (Å²) in [4.78, 5) is 24.7. The Kier molecular flexibility index (Phi) is 6.65. The van der Waals surface area contributed by atoms with Crippen molar-refractivity contribution >= 4 is 17.5 Å². The molecule has 3 N–H and O–H groups in total. The summed E-state index contributed by atoms with van der Waals surface area (Å²) in [5.74, 6) is -0.340. The minimum atomic E-state index is -0.223. The van der Waals surface area contributed by atoms with E-state index in [0.717, 1.165) is 18.4 Å². The fourth-order valence-electron chi connectivity index (χ4n) is 3.97. The van der Waals surface area contributed by atoms with E-state index < -0.39 is 0 Å². The van der Waals surface area contributed by atoms with E-state index in [-0.39, 0.29) is 35.5 Å². The molecule has 1 aromatic carbocycles. The third kappa shape index (κ3) is 6.33. The zero-order valence-corrected chi connectivity index (χ0v) is 17.4. The first-order chi connectivity index (χ1) is 12.5. The summed E-state index contributed by atoms with van der Waals surface area (Å²) in [6.45, 7) is 12.9. The van der Waals surface area contributed by atoms with Gasteiger partial charge in [0.1, 0.15) is 6.61 Å². The fraction of sp³-hybridized carbons (Fsp3) is 0.619. The highest BCUT2D eigenvalue weighted by Gasteiger charge is 2.38. The first kappa shape index (κ1) is 21.4. The summed E-state index contributed by atoms with van der Waals surface area (Å²) in [6, 6.07) is 5.47. The quantitative estimate of drug-likeness (QED) is 0.714. The summed E-state index contributed by atoms with van der Waals surface area (Å²) in [5, 5.41) is 9.60. The van der Waals surface area contributed by atoms with Crippen molar-refractivity contribution in [2.75, 3.05) is 18.5 Å². The highest BCUT2D eigenvalue weighted by Crippen LogP contribution is 2.28. The van der Waals surface area contributed by atoms with Gasteiger partial charge < -0.3 is 20.7 Å². The van der Waals surface area contributed by atoms with Gasteiger partial charge in [-0.25, -0.2) is 0 Å². The molecule has 2 rings (SSSR count). The maximum Gasteiger partial charge on any atom is 0.251 e. The van der Waals surface area contributed by atoms with E-state index in [1.807, 2.05) is 19.9 Å². The molecule has 1 aliphatic rings. The fourth-order valence-corrected chi connectivity index (χ4v) is 3.97. The number of nitrogens with one attached hydrogen (secondary N) is 3. The average Bonchev–Trinajstić information content (AvgIpc) is 2.51. The Morgan fingerprint density at radius 2 is 1.81 bits per heavy atom. The first-order valence-electron chi connectivity index (χ1n) is 9.60. The van der Waals surface area contributed by atoms with E-state index in [1.165, 1.54) is 0 Å². The summed E-state index contributed by atoms with van der Waals surface area (Å²) >= 11 is 0. The standard InChI is InChI=1S/C21H33N3O3/c1-7-27-13-18(25)23-17-10-15(9-8-14(17)2)19(26)22-16-11-20(3,4)24-21(5,6)12-16/h8-10,16,24H,7,11-13H2,1-6H3,(H,22,26)(H,23,25). The van der Waals surface area contributed by atoms with Crippen LogP contribution in [0.15, 0.2) is 18.2 Å². The number of carbonyl (C=O) groups excluding carboxylic acids is 2. The maximum absolute atomic E-state index is 12.8. The van der Waals surface area contributed by atoms with Gasteiger partial charge in [-0.1, -0.05) is 6.07 Å². The van der Waals surface area contributed by atoms with Crippen LogP contribution in [0, 0.1) is 6.92 Å². The van der Waals surface area contributed by atoms with Gasteiger partial charge >= 0.3 is 0 Å². The summed E-state index contributed by atoms with van der Waals surface area (Å²) in [5.41, 5.74) is 2.01. The van der Waals surface area contributed by atoms with E-state index in [4.69, 9.17) is 4.74 Å². The molecule has 0 unspecified atom stereocenters. The van der Waals surface area contributed by atoms with Crippen molar-refractivity contribution in [1.82, 2.24) is 10.6 Å². The molecule has 0 aromatic heterocycles. The maximum atomic E-state index is 12.8. The molecule has 0 bridgehead atoms. The molecule has 0 atom stereocenters. The SMILES string of the molecule is CCOCC(=O)Nc1cc(C(=O)NC2CC(C)(C)NC(C)(C)C2)ccc1C. The number of anilines is 1. The van der Waals surface area contributed by atoms with Crippen molar-refractivity contribution < 1.29 is 14.3 Å². The predicted octanol–water partition coefficient (Wildman–Crippen LogP) is 3.01. The van der Waals surface area contributed by atoms with Crippen LogP contribution >= 0.6 is 0 Å². The van der Waals surface area contributed by atoms with Gasteiger partial charge in [-0.05, 0) is 72.1 Å². The van der Waals surface area contributed by atoms with Gasteiger partial charge in [-0.3, -0.25) is 9.59 Å². The second kappa shape index (κ2) is 8.40. The number of carbonyl (C=O) groups is 2. The third-order valence-corrected chi connectivity index (χ3v) is 4.74. The van der Waals surface area contributed by atoms with Crippen molar-refractivity contribution in [3.8, 4) is 0 Å². The topological polar surface area (TPSA) is 79.5 Å². The van der Waals surface area contributed by atoms with Crippen LogP contribution in [0.2, 0.25) is 0 Å². The molecular formula is C21H33N3O3. The van der Waals surface area contributed by atoms with E-state index >= 15 is 0 Å². The zero-order chi connectivity index (χ0) is 20.2. The third-order valence-electron chi connectivity index (χ3n) is 4.74. The minimum Gasteiger partial charge on any atom is -0.372 e. The smallest absolute Gasteiger partial charge is 0.251 e. The molecule has 6 nitrogen and oxygen atoms in total. The molecule has 0 radical (unpaired) electrons. The largest absolute Gasteiger partial charge is 0.372 e. The van der Waals surface area contributed by atoms with E-state index in [0.29, 0.717) is 17.9 Å². The molecule has 1 aromatic rings. The molecule has 0 saturated carbocycles. The van der Waals surface area contributed by atoms with Crippen LogP contribution < -0.4 is 16.0 Å². The van der Waals surface area contributed by atoms with Crippen molar-refractivity contribution in [2.45, 2.75) is 71.5 Å². The lowest BCUT2D eigenvalue weighted by Crippen LogP contribution is -2.62. The highest BCUT2D eigenvalue weighted by atomic mass is 16.5. The zero-order valence-electron chi connectivity index (χ0n) is 17.4. The molecule has 0 spiro atoms. The number of ether oxygens (including phenoxy) is 1. The molecule has 1 fully saturated rings. The van der Waals surface area contributed by atoms with Gasteiger partial charge in [0, 0.05) is 35.0 Å². The number of hydrogen-bond donors (Lipinski definition) is 3. The van der Waals surface area contributed by atoms with Crippen LogP contribution in [0.5, 0.6) is 0 Å². The molecule has 1 aliphatic heterocycles. The Hall–Kier alpha value is -1.92. The lowest BCUT2D eigenvalue weighted by Gasteiger charge is -2.46. The molecule has 27 heavy (non-hydrogen) atoms. The molecule has 1 heterocycles. The van der Waals surface area contributed by atoms with E-state index in [1.54, 1.807) is 12.1 Å². The van der Waals surface area contributed by atoms with Crippen LogP contribution in [-0.2, 0) is 9.53 Å². The van der Waals surface area contributed by atoms with E-state index in [9.17, 15) is 9.59 Å². The Morgan fingerprint density at radius 1 is 1.19 bits per heavy atom. The van der Waals surface area contributed by atoms with Crippen LogP contribution in [-0.4, -0.2) is 42.1 Å². The summed E-state index contributed by atoms with van der Waals surface area (Å²) in [6.07, 6.45) is 1.73. The van der Waals surface area contributed by atoms with Gasteiger partial charge in [-0.2, -0.15) is 0 Å². The second-order valence-electron chi connectivity index (χ2n) is 8.69. The van der Waals surface area contributed by atoms with Crippen molar-refractivity contribution in [3.05, 3.63) is 29.3 Å². The summed E-state index contributed by atoms with van der Waals surface area (Å²) < 4.78 is 5.13. The van der Waals surface area contributed by atoms with Crippen molar-refractivity contribution in [2.24, 2.45) is 0 Å². The lowest BCUT2D eigenvalue weighted by molar-refractivity contribution is -0.120. The monoisotopic (exact) mass is 375 g/mol. The number of hydrogen-bond acceptors (Lipinski definition) is 4. The molecule has 1 saturated heterocycles. The van der Waals surface area contributed by atoms with Gasteiger partial charge in [0.15, 0.2) is 0 Å². The number of benzene rings is 1. The normalized spacial score (nSPS) is 18.7. The first-order valence-corrected chi connectivity index (χ1v) is 9.60. The Balaban J connectivity index is 2.08. The Bertz CT molecular complexity index is 682. The number of rotatable bonds is 6. The van der Waals surface area contributed by atoms with Gasteiger partial charge in [0.05, 0.1) is 0 Å².